The molecular weight excluding hydrogens is 328 g/mol. The van der Waals surface area contributed by atoms with Crippen LogP contribution in [0.25, 0.3) is 5.69 Å². The lowest BCUT2D eigenvalue weighted by Gasteiger charge is -2.19. The molecule has 2 aromatic heterocycles. The van der Waals surface area contributed by atoms with Gasteiger partial charge in [-0.05, 0) is 48.7 Å². The van der Waals surface area contributed by atoms with Crippen LogP contribution in [0.3, 0.4) is 0 Å². The Hall–Kier alpha value is -3.15. The molecule has 3 aromatic rings. The van der Waals surface area contributed by atoms with Crippen molar-refractivity contribution in [3.05, 3.63) is 72.2 Å². The molecule has 1 fully saturated rings. The Kier molecular flexibility index (Phi) is 4.64. The molecule has 0 amide bonds. The van der Waals surface area contributed by atoms with Crippen molar-refractivity contribution in [2.24, 2.45) is 0 Å². The van der Waals surface area contributed by atoms with Gasteiger partial charge in [0.25, 0.3) is 0 Å². The van der Waals surface area contributed by atoms with E-state index in [0.717, 1.165) is 43.0 Å². The Morgan fingerprint density at radius 3 is 2.58 bits per heavy atom. The molecular formula is C20H20N4O2. The number of pyridine rings is 1. The van der Waals surface area contributed by atoms with Gasteiger partial charge < -0.3 is 9.64 Å². The molecule has 0 radical (unpaired) electrons. The van der Waals surface area contributed by atoms with Crippen molar-refractivity contribution in [3.8, 4) is 5.69 Å². The zero-order valence-electron chi connectivity index (χ0n) is 14.4. The fraction of sp³-hybridized carbons (Fsp3) is 0.250. The summed E-state index contributed by atoms with van der Waals surface area (Å²) < 4.78 is 7.30. The zero-order chi connectivity index (χ0) is 17.8. The van der Waals surface area contributed by atoms with E-state index in [-0.39, 0.29) is 12.6 Å². The zero-order valence-corrected chi connectivity index (χ0v) is 14.4. The molecule has 3 heterocycles. The molecule has 0 saturated carbocycles. The minimum absolute atomic E-state index is 0.229. The summed E-state index contributed by atoms with van der Waals surface area (Å²) in [4.78, 5) is 19.1. The Balaban J connectivity index is 1.43. The number of benzene rings is 1. The van der Waals surface area contributed by atoms with E-state index in [0.29, 0.717) is 5.56 Å². The molecule has 1 aliphatic rings. The topological polar surface area (TPSA) is 60.3 Å². The van der Waals surface area contributed by atoms with Crippen molar-refractivity contribution < 1.29 is 9.53 Å². The van der Waals surface area contributed by atoms with Gasteiger partial charge in [-0.1, -0.05) is 12.1 Å². The van der Waals surface area contributed by atoms with Gasteiger partial charge >= 0.3 is 5.97 Å². The minimum atomic E-state index is -0.337. The molecule has 26 heavy (non-hydrogen) atoms. The molecule has 1 saturated heterocycles. The second kappa shape index (κ2) is 7.39. The van der Waals surface area contributed by atoms with Gasteiger partial charge in [-0.3, -0.25) is 0 Å². The van der Waals surface area contributed by atoms with E-state index in [9.17, 15) is 4.79 Å². The van der Waals surface area contributed by atoms with Crippen molar-refractivity contribution in [1.82, 2.24) is 14.8 Å². The number of nitrogens with zero attached hydrogens (tertiary/aromatic N) is 4. The van der Waals surface area contributed by atoms with E-state index in [2.05, 4.69) is 15.0 Å². The molecule has 0 N–H and O–H groups in total. The number of carbonyl (C=O) groups is 1. The number of ether oxygens (including phenoxy) is 1. The lowest BCUT2D eigenvalue weighted by atomic mass is 10.2. The molecule has 6 nitrogen and oxygen atoms in total. The SMILES string of the molecule is O=C(OCc1ccc(-n2cccn2)cc1)c1cccnc1N1CCCC1. The Bertz CT molecular complexity index is 869. The predicted octanol–water partition coefficient (Wildman–Crippen LogP) is 3.22. The average molecular weight is 348 g/mol. The molecule has 0 bridgehead atoms. The fourth-order valence-corrected chi connectivity index (χ4v) is 3.13. The van der Waals surface area contributed by atoms with Crippen LogP contribution in [-0.2, 0) is 11.3 Å². The summed E-state index contributed by atoms with van der Waals surface area (Å²) in [5.41, 5.74) is 2.43. The summed E-state index contributed by atoms with van der Waals surface area (Å²) in [7, 11) is 0. The number of anilines is 1. The summed E-state index contributed by atoms with van der Waals surface area (Å²) in [5.74, 6) is 0.389. The molecule has 132 valence electrons. The first-order valence-corrected chi connectivity index (χ1v) is 8.77. The molecule has 0 atom stereocenters. The van der Waals surface area contributed by atoms with Gasteiger partial charge in [-0.25, -0.2) is 14.5 Å². The maximum atomic E-state index is 12.5. The first-order chi connectivity index (χ1) is 12.8. The summed E-state index contributed by atoms with van der Waals surface area (Å²) >= 11 is 0. The van der Waals surface area contributed by atoms with Crippen molar-refractivity contribution in [1.29, 1.82) is 0 Å². The lowest BCUT2D eigenvalue weighted by Crippen LogP contribution is -2.22. The number of aromatic nitrogens is 3. The summed E-state index contributed by atoms with van der Waals surface area (Å²) in [6, 6.07) is 13.2. The van der Waals surface area contributed by atoms with Gasteiger partial charge in [-0.15, -0.1) is 0 Å². The monoisotopic (exact) mass is 348 g/mol. The van der Waals surface area contributed by atoms with Crippen molar-refractivity contribution in [3.63, 3.8) is 0 Å². The lowest BCUT2D eigenvalue weighted by molar-refractivity contribution is 0.0473. The highest BCUT2D eigenvalue weighted by Crippen LogP contribution is 2.23. The van der Waals surface area contributed by atoms with Gasteiger partial charge in [0.15, 0.2) is 0 Å². The summed E-state index contributed by atoms with van der Waals surface area (Å²) in [5, 5.41) is 4.20. The van der Waals surface area contributed by atoms with Crippen molar-refractivity contribution in [2.45, 2.75) is 19.4 Å². The van der Waals surface area contributed by atoms with Crippen LogP contribution in [0.5, 0.6) is 0 Å². The van der Waals surface area contributed by atoms with Crippen LogP contribution in [-0.4, -0.2) is 33.8 Å². The average Bonchev–Trinajstić information content (AvgIpc) is 3.40. The Labute approximate surface area is 152 Å². The number of hydrogen-bond donors (Lipinski definition) is 0. The summed E-state index contributed by atoms with van der Waals surface area (Å²) in [6.07, 6.45) is 7.61. The quantitative estimate of drug-likeness (QED) is 0.663. The minimum Gasteiger partial charge on any atom is -0.457 e. The molecule has 4 rings (SSSR count). The van der Waals surface area contributed by atoms with Crippen LogP contribution in [0.4, 0.5) is 5.82 Å². The van der Waals surface area contributed by atoms with Gasteiger partial charge in [0.2, 0.25) is 0 Å². The van der Waals surface area contributed by atoms with Gasteiger partial charge in [0, 0.05) is 31.7 Å². The number of rotatable bonds is 5. The van der Waals surface area contributed by atoms with E-state index in [1.807, 2.05) is 36.5 Å². The van der Waals surface area contributed by atoms with Gasteiger partial charge in [0.1, 0.15) is 18.0 Å². The van der Waals surface area contributed by atoms with E-state index < -0.39 is 0 Å². The van der Waals surface area contributed by atoms with Crippen LogP contribution in [0.1, 0.15) is 28.8 Å². The summed E-state index contributed by atoms with van der Waals surface area (Å²) in [6.45, 7) is 2.10. The maximum absolute atomic E-state index is 12.5. The smallest absolute Gasteiger partial charge is 0.342 e. The highest BCUT2D eigenvalue weighted by molar-refractivity contribution is 5.94. The molecule has 1 aromatic carbocycles. The van der Waals surface area contributed by atoms with Crippen LogP contribution < -0.4 is 4.90 Å². The van der Waals surface area contributed by atoms with Crippen LogP contribution in [0, 0.1) is 0 Å². The molecule has 6 heteroatoms. The Morgan fingerprint density at radius 1 is 1.04 bits per heavy atom. The number of carbonyl (C=O) groups excluding carboxylic acids is 1. The van der Waals surface area contributed by atoms with Crippen LogP contribution in [0.15, 0.2) is 61.1 Å². The van der Waals surface area contributed by atoms with E-state index in [4.69, 9.17) is 4.74 Å². The standard InChI is InChI=1S/C20H20N4O2/c25-20(18-5-3-10-21-19(18)23-12-1-2-13-23)26-15-16-6-8-17(9-7-16)24-14-4-11-22-24/h3-11,14H,1-2,12-13,15H2. The van der Waals surface area contributed by atoms with Crippen LogP contribution in [0.2, 0.25) is 0 Å². The van der Waals surface area contributed by atoms with Crippen molar-refractivity contribution in [2.75, 3.05) is 18.0 Å². The van der Waals surface area contributed by atoms with Crippen molar-refractivity contribution >= 4 is 11.8 Å². The van der Waals surface area contributed by atoms with E-state index in [1.165, 1.54) is 0 Å². The number of esters is 1. The molecule has 0 aliphatic carbocycles. The van der Waals surface area contributed by atoms with Gasteiger partial charge in [-0.2, -0.15) is 5.10 Å². The highest BCUT2D eigenvalue weighted by atomic mass is 16.5. The first kappa shape index (κ1) is 16.3. The van der Waals surface area contributed by atoms with E-state index in [1.54, 1.807) is 29.2 Å². The third kappa shape index (κ3) is 3.44. The maximum Gasteiger partial charge on any atom is 0.342 e. The Morgan fingerprint density at radius 2 is 1.85 bits per heavy atom. The number of hydrogen-bond acceptors (Lipinski definition) is 5. The van der Waals surface area contributed by atoms with E-state index >= 15 is 0 Å². The first-order valence-electron chi connectivity index (χ1n) is 8.77. The third-order valence-corrected chi connectivity index (χ3v) is 4.49. The van der Waals surface area contributed by atoms with Gasteiger partial charge in [0.05, 0.1) is 5.69 Å². The second-order valence-corrected chi connectivity index (χ2v) is 6.26. The third-order valence-electron chi connectivity index (χ3n) is 4.49. The fourth-order valence-electron chi connectivity index (χ4n) is 3.13. The molecule has 0 spiro atoms. The second-order valence-electron chi connectivity index (χ2n) is 6.26. The highest BCUT2D eigenvalue weighted by Gasteiger charge is 2.21. The normalized spacial score (nSPS) is 13.8. The van der Waals surface area contributed by atoms with Crippen LogP contribution >= 0.6 is 0 Å². The largest absolute Gasteiger partial charge is 0.457 e. The molecule has 0 unspecified atom stereocenters. The predicted molar refractivity (Wildman–Crippen MR) is 98.4 cm³/mol. The molecule has 1 aliphatic heterocycles.